The van der Waals surface area contributed by atoms with Crippen molar-refractivity contribution in [2.45, 2.75) is 33.4 Å². The summed E-state index contributed by atoms with van der Waals surface area (Å²) < 4.78 is 2.09. The van der Waals surface area contributed by atoms with E-state index in [0.29, 0.717) is 6.54 Å². The summed E-state index contributed by atoms with van der Waals surface area (Å²) in [7, 11) is 0. The molecule has 0 radical (unpaired) electrons. The summed E-state index contributed by atoms with van der Waals surface area (Å²) in [6.45, 7) is 5.40. The highest BCUT2D eigenvalue weighted by Gasteiger charge is 2.30. The smallest absolute Gasteiger partial charge is 0.259 e. The van der Waals surface area contributed by atoms with E-state index in [0.717, 1.165) is 46.6 Å². The van der Waals surface area contributed by atoms with Gasteiger partial charge >= 0.3 is 0 Å². The third-order valence-electron chi connectivity index (χ3n) is 4.41. The van der Waals surface area contributed by atoms with Crippen molar-refractivity contribution in [2.75, 3.05) is 4.90 Å². The minimum atomic E-state index is 0.0421. The highest BCUT2D eigenvalue weighted by molar-refractivity contribution is 6.24. The summed E-state index contributed by atoms with van der Waals surface area (Å²) in [5, 5.41) is 10.6. The normalized spacial score (nSPS) is 13.3. The summed E-state index contributed by atoms with van der Waals surface area (Å²) in [5.41, 5.74) is 1.74. The fraction of sp³-hybridized carbons (Fsp3) is 0.278. The summed E-state index contributed by atoms with van der Waals surface area (Å²) in [6, 6.07) is 11.9. The van der Waals surface area contributed by atoms with Crippen molar-refractivity contribution in [3.63, 3.8) is 0 Å². The Bertz CT molecular complexity index is 907. The lowest BCUT2D eigenvalue weighted by Crippen LogP contribution is -2.28. The summed E-state index contributed by atoms with van der Waals surface area (Å²) in [5.74, 6) is 1.77. The Morgan fingerprint density at radius 3 is 2.65 bits per heavy atom. The van der Waals surface area contributed by atoms with Gasteiger partial charge in [-0.2, -0.15) is 0 Å². The number of hydrogen-bond acceptors (Lipinski definition) is 3. The SMILES string of the molecule is CCCn1c(C)nnc1CN1C(=O)c2cccc3cccc1c23. The Morgan fingerprint density at radius 2 is 1.87 bits per heavy atom. The highest BCUT2D eigenvalue weighted by atomic mass is 16.2. The average Bonchev–Trinajstić information content (AvgIpc) is 3.04. The summed E-state index contributed by atoms with van der Waals surface area (Å²) in [4.78, 5) is 14.6. The van der Waals surface area contributed by atoms with E-state index < -0.39 is 0 Å². The van der Waals surface area contributed by atoms with E-state index in [2.05, 4.69) is 21.7 Å². The molecule has 0 saturated carbocycles. The number of amides is 1. The molecule has 0 unspecified atom stereocenters. The molecule has 1 aromatic heterocycles. The third-order valence-corrected chi connectivity index (χ3v) is 4.41. The quantitative estimate of drug-likeness (QED) is 0.743. The van der Waals surface area contributed by atoms with Gasteiger partial charge in [0.05, 0.1) is 12.2 Å². The van der Waals surface area contributed by atoms with E-state index in [9.17, 15) is 4.79 Å². The molecule has 1 amide bonds. The van der Waals surface area contributed by atoms with Crippen LogP contribution in [0, 0.1) is 6.92 Å². The Balaban J connectivity index is 1.78. The van der Waals surface area contributed by atoms with Gasteiger partial charge in [-0.1, -0.05) is 31.2 Å². The van der Waals surface area contributed by atoms with Crippen LogP contribution in [0.5, 0.6) is 0 Å². The predicted octanol–water partition coefficient (Wildman–Crippen LogP) is 3.31. The first-order valence-corrected chi connectivity index (χ1v) is 7.93. The van der Waals surface area contributed by atoms with Gasteiger partial charge in [0, 0.05) is 17.5 Å². The first-order valence-electron chi connectivity index (χ1n) is 7.93. The monoisotopic (exact) mass is 306 g/mol. The van der Waals surface area contributed by atoms with Crippen LogP contribution < -0.4 is 4.90 Å². The first kappa shape index (κ1) is 13.9. The molecule has 0 spiro atoms. The zero-order valence-electron chi connectivity index (χ0n) is 13.3. The van der Waals surface area contributed by atoms with E-state index in [1.54, 1.807) is 0 Å². The van der Waals surface area contributed by atoms with Crippen LogP contribution in [0.3, 0.4) is 0 Å². The van der Waals surface area contributed by atoms with Gasteiger partial charge in [-0.3, -0.25) is 4.79 Å². The number of nitrogens with zero attached hydrogens (tertiary/aromatic N) is 4. The van der Waals surface area contributed by atoms with Gasteiger partial charge in [0.1, 0.15) is 5.82 Å². The molecule has 5 nitrogen and oxygen atoms in total. The lowest BCUT2D eigenvalue weighted by molar-refractivity contribution is 0.0990. The molecule has 1 aliphatic rings. The van der Waals surface area contributed by atoms with Crippen LogP contribution in [0.2, 0.25) is 0 Å². The van der Waals surface area contributed by atoms with Gasteiger partial charge in [-0.05, 0) is 30.9 Å². The third kappa shape index (κ3) is 2.04. The number of anilines is 1. The maximum Gasteiger partial charge on any atom is 0.259 e. The lowest BCUT2D eigenvalue weighted by Gasteiger charge is -2.18. The molecule has 0 bridgehead atoms. The number of aryl methyl sites for hydroxylation is 1. The first-order chi connectivity index (χ1) is 11.2. The fourth-order valence-electron chi connectivity index (χ4n) is 3.33. The Hall–Kier alpha value is -2.69. The van der Waals surface area contributed by atoms with Crippen LogP contribution in [0.25, 0.3) is 10.8 Å². The largest absolute Gasteiger partial charge is 0.314 e. The van der Waals surface area contributed by atoms with Crippen molar-refractivity contribution in [3.8, 4) is 0 Å². The zero-order valence-corrected chi connectivity index (χ0v) is 13.3. The predicted molar refractivity (Wildman–Crippen MR) is 89.5 cm³/mol. The van der Waals surface area contributed by atoms with Crippen molar-refractivity contribution in [1.29, 1.82) is 0 Å². The number of hydrogen-bond donors (Lipinski definition) is 0. The maximum atomic E-state index is 12.8. The Labute approximate surface area is 134 Å². The van der Waals surface area contributed by atoms with E-state index in [1.807, 2.05) is 48.2 Å². The van der Waals surface area contributed by atoms with Crippen LogP contribution >= 0.6 is 0 Å². The molecule has 3 aromatic rings. The standard InChI is InChI=1S/C18H18N4O/c1-3-10-21-12(2)19-20-16(21)11-22-15-9-5-7-13-6-4-8-14(17(13)15)18(22)23/h4-9H,3,10-11H2,1-2H3. The molecule has 23 heavy (non-hydrogen) atoms. The van der Waals surface area contributed by atoms with Crippen LogP contribution in [0.4, 0.5) is 5.69 Å². The molecular weight excluding hydrogens is 288 g/mol. The second kappa shape index (κ2) is 5.19. The van der Waals surface area contributed by atoms with E-state index >= 15 is 0 Å². The van der Waals surface area contributed by atoms with E-state index in [1.165, 1.54) is 0 Å². The zero-order chi connectivity index (χ0) is 16.0. The van der Waals surface area contributed by atoms with Gasteiger partial charge in [0.2, 0.25) is 0 Å². The minimum Gasteiger partial charge on any atom is -0.314 e. The van der Waals surface area contributed by atoms with Crippen LogP contribution in [0.15, 0.2) is 36.4 Å². The molecule has 2 heterocycles. The summed E-state index contributed by atoms with van der Waals surface area (Å²) in [6.07, 6.45) is 1.01. The number of carbonyl (C=O) groups excluding carboxylic acids is 1. The molecule has 0 saturated heterocycles. The molecular formula is C18H18N4O. The van der Waals surface area contributed by atoms with Crippen molar-refractivity contribution in [2.24, 2.45) is 0 Å². The van der Waals surface area contributed by atoms with Crippen molar-refractivity contribution >= 4 is 22.4 Å². The molecule has 2 aromatic carbocycles. The number of benzene rings is 2. The number of carbonyl (C=O) groups is 1. The molecule has 0 fully saturated rings. The number of rotatable bonds is 4. The topological polar surface area (TPSA) is 51.0 Å². The van der Waals surface area contributed by atoms with Crippen LogP contribution in [-0.2, 0) is 13.1 Å². The van der Waals surface area contributed by atoms with Crippen molar-refractivity contribution in [1.82, 2.24) is 14.8 Å². The molecule has 5 heteroatoms. The molecule has 0 aliphatic carbocycles. The van der Waals surface area contributed by atoms with Gasteiger partial charge < -0.3 is 9.47 Å². The van der Waals surface area contributed by atoms with Gasteiger partial charge in [-0.25, -0.2) is 0 Å². The van der Waals surface area contributed by atoms with Crippen LogP contribution in [-0.4, -0.2) is 20.7 Å². The molecule has 1 aliphatic heterocycles. The molecule has 4 rings (SSSR count). The Morgan fingerprint density at radius 1 is 1.09 bits per heavy atom. The second-order valence-electron chi connectivity index (χ2n) is 5.89. The minimum absolute atomic E-state index is 0.0421. The highest BCUT2D eigenvalue weighted by Crippen LogP contribution is 2.37. The fourth-order valence-corrected chi connectivity index (χ4v) is 3.33. The number of aromatic nitrogens is 3. The molecule has 0 N–H and O–H groups in total. The average molecular weight is 306 g/mol. The van der Waals surface area contributed by atoms with E-state index in [4.69, 9.17) is 0 Å². The Kier molecular flexibility index (Phi) is 3.15. The maximum absolute atomic E-state index is 12.8. The lowest BCUT2D eigenvalue weighted by atomic mass is 10.1. The van der Waals surface area contributed by atoms with Crippen molar-refractivity contribution < 1.29 is 4.79 Å². The summed E-state index contributed by atoms with van der Waals surface area (Å²) >= 11 is 0. The van der Waals surface area contributed by atoms with Gasteiger partial charge in [-0.15, -0.1) is 10.2 Å². The second-order valence-corrected chi connectivity index (χ2v) is 5.89. The van der Waals surface area contributed by atoms with Gasteiger partial charge in [0.25, 0.3) is 5.91 Å². The molecule has 116 valence electrons. The van der Waals surface area contributed by atoms with Gasteiger partial charge in [0.15, 0.2) is 5.82 Å². The van der Waals surface area contributed by atoms with Crippen molar-refractivity contribution in [3.05, 3.63) is 53.6 Å². The van der Waals surface area contributed by atoms with Crippen LogP contribution in [0.1, 0.15) is 35.4 Å². The molecule has 0 atom stereocenters. The van der Waals surface area contributed by atoms with E-state index in [-0.39, 0.29) is 5.91 Å².